The van der Waals surface area contributed by atoms with Crippen LogP contribution in [0.3, 0.4) is 0 Å². The molecule has 0 radical (unpaired) electrons. The van der Waals surface area contributed by atoms with Gasteiger partial charge >= 0.3 is 6.18 Å². The van der Waals surface area contributed by atoms with Gasteiger partial charge in [-0.2, -0.15) is 13.2 Å². The van der Waals surface area contributed by atoms with Crippen molar-refractivity contribution >= 4 is 21.4 Å². The molecule has 0 aliphatic carbocycles. The van der Waals surface area contributed by atoms with Gasteiger partial charge in [-0.05, 0) is 56.0 Å². The zero-order valence-electron chi connectivity index (χ0n) is 14.9. The number of sulfonamides is 1. The Balaban J connectivity index is 2.04. The van der Waals surface area contributed by atoms with Gasteiger partial charge in [0.25, 0.3) is 10.0 Å². The molecule has 146 valence electrons. The van der Waals surface area contributed by atoms with Crippen LogP contribution in [0.1, 0.15) is 30.4 Å². The Morgan fingerprint density at radius 3 is 2.30 bits per heavy atom. The molecule has 1 aliphatic rings. The van der Waals surface area contributed by atoms with Gasteiger partial charge in [-0.1, -0.05) is 18.2 Å². The minimum Gasteiger partial charge on any atom is -0.370 e. The Morgan fingerprint density at radius 2 is 1.67 bits per heavy atom. The summed E-state index contributed by atoms with van der Waals surface area (Å²) < 4.78 is 67.5. The highest BCUT2D eigenvalue weighted by atomic mass is 32.2. The molecule has 8 heteroatoms. The summed E-state index contributed by atoms with van der Waals surface area (Å²) in [4.78, 5) is 1.98. The van der Waals surface area contributed by atoms with Crippen LogP contribution in [0.2, 0.25) is 0 Å². The van der Waals surface area contributed by atoms with Gasteiger partial charge in [0.2, 0.25) is 0 Å². The standard InChI is InChI=1S/C19H21F3N2O2S/c1-14-7-3-4-8-18(14)27(25,26)23-16-13-15(19(20,21)22)9-10-17(16)24-11-5-2-6-12-24/h3-4,7-10,13,23H,2,5-6,11-12H2,1H3. The Bertz CT molecular complexity index is 921. The number of hydrogen-bond acceptors (Lipinski definition) is 3. The quantitative estimate of drug-likeness (QED) is 0.805. The molecule has 0 saturated carbocycles. The van der Waals surface area contributed by atoms with Gasteiger partial charge in [-0.25, -0.2) is 8.42 Å². The van der Waals surface area contributed by atoms with E-state index in [2.05, 4.69) is 4.72 Å². The number of aryl methyl sites for hydroxylation is 1. The number of rotatable bonds is 4. The van der Waals surface area contributed by atoms with Gasteiger partial charge in [0.15, 0.2) is 0 Å². The maximum atomic E-state index is 13.2. The summed E-state index contributed by atoms with van der Waals surface area (Å²) >= 11 is 0. The van der Waals surface area contributed by atoms with Crippen LogP contribution in [0.25, 0.3) is 0 Å². The topological polar surface area (TPSA) is 49.4 Å². The van der Waals surface area contributed by atoms with E-state index < -0.39 is 21.8 Å². The molecular formula is C19H21F3N2O2S. The number of hydrogen-bond donors (Lipinski definition) is 1. The number of anilines is 2. The van der Waals surface area contributed by atoms with E-state index in [4.69, 9.17) is 0 Å². The second-order valence-corrected chi connectivity index (χ2v) is 8.30. The van der Waals surface area contributed by atoms with Gasteiger partial charge in [-0.3, -0.25) is 4.72 Å². The third-order valence-corrected chi connectivity index (χ3v) is 6.17. The summed E-state index contributed by atoms with van der Waals surface area (Å²) in [6.45, 7) is 3.02. The predicted molar refractivity (Wildman–Crippen MR) is 99.5 cm³/mol. The Labute approximate surface area is 157 Å². The van der Waals surface area contributed by atoms with Crippen LogP contribution in [0.4, 0.5) is 24.5 Å². The van der Waals surface area contributed by atoms with Crippen LogP contribution >= 0.6 is 0 Å². The summed E-state index contributed by atoms with van der Waals surface area (Å²) in [5, 5.41) is 0. The lowest BCUT2D eigenvalue weighted by Gasteiger charge is -2.31. The Morgan fingerprint density at radius 1 is 1.00 bits per heavy atom. The van der Waals surface area contributed by atoms with E-state index in [1.165, 1.54) is 12.1 Å². The van der Waals surface area contributed by atoms with Gasteiger partial charge in [-0.15, -0.1) is 0 Å². The van der Waals surface area contributed by atoms with E-state index in [-0.39, 0.29) is 10.6 Å². The van der Waals surface area contributed by atoms with E-state index in [9.17, 15) is 21.6 Å². The molecule has 1 aliphatic heterocycles. The first-order chi connectivity index (χ1) is 12.7. The molecule has 2 aromatic rings. The van der Waals surface area contributed by atoms with Crippen LogP contribution in [0.5, 0.6) is 0 Å². The largest absolute Gasteiger partial charge is 0.416 e. The molecule has 1 N–H and O–H groups in total. The van der Waals surface area contributed by atoms with E-state index in [0.717, 1.165) is 31.4 Å². The smallest absolute Gasteiger partial charge is 0.370 e. The van der Waals surface area contributed by atoms with Crippen molar-refractivity contribution < 1.29 is 21.6 Å². The summed E-state index contributed by atoms with van der Waals surface area (Å²) in [6.07, 6.45) is -1.65. The molecule has 1 saturated heterocycles. The van der Waals surface area contributed by atoms with Crippen molar-refractivity contribution in [1.29, 1.82) is 0 Å². The highest BCUT2D eigenvalue weighted by molar-refractivity contribution is 7.92. The van der Waals surface area contributed by atoms with E-state index >= 15 is 0 Å². The molecule has 1 heterocycles. The number of nitrogens with zero attached hydrogens (tertiary/aromatic N) is 1. The fourth-order valence-electron chi connectivity index (χ4n) is 3.26. The zero-order chi connectivity index (χ0) is 19.7. The van der Waals surface area contributed by atoms with Crippen LogP contribution in [-0.4, -0.2) is 21.5 Å². The lowest BCUT2D eigenvalue weighted by Crippen LogP contribution is -2.30. The van der Waals surface area contributed by atoms with E-state index in [0.29, 0.717) is 24.3 Å². The van der Waals surface area contributed by atoms with Crippen molar-refractivity contribution in [3.63, 3.8) is 0 Å². The lowest BCUT2D eigenvalue weighted by atomic mass is 10.1. The first kappa shape index (κ1) is 19.5. The van der Waals surface area contributed by atoms with Gasteiger partial charge < -0.3 is 4.90 Å². The number of alkyl halides is 3. The predicted octanol–water partition coefficient (Wildman–Crippen LogP) is 4.80. The highest BCUT2D eigenvalue weighted by Gasteiger charge is 2.32. The Hall–Kier alpha value is -2.22. The molecule has 0 atom stereocenters. The molecule has 4 nitrogen and oxygen atoms in total. The van der Waals surface area contributed by atoms with Crippen molar-refractivity contribution in [3.05, 3.63) is 53.6 Å². The third-order valence-electron chi connectivity index (χ3n) is 4.65. The summed E-state index contributed by atoms with van der Waals surface area (Å²) in [6, 6.07) is 9.59. The summed E-state index contributed by atoms with van der Waals surface area (Å²) in [7, 11) is -4.01. The highest BCUT2D eigenvalue weighted by Crippen LogP contribution is 2.37. The molecule has 3 rings (SSSR count). The number of benzene rings is 2. The fraction of sp³-hybridized carbons (Fsp3) is 0.368. The second kappa shape index (κ2) is 7.42. The van der Waals surface area contributed by atoms with Gasteiger partial charge in [0, 0.05) is 13.1 Å². The average Bonchev–Trinajstić information content (AvgIpc) is 2.61. The molecule has 0 aromatic heterocycles. The molecule has 2 aromatic carbocycles. The van der Waals surface area contributed by atoms with E-state index in [1.807, 2.05) is 4.90 Å². The van der Waals surface area contributed by atoms with Crippen LogP contribution in [-0.2, 0) is 16.2 Å². The monoisotopic (exact) mass is 398 g/mol. The normalized spacial score (nSPS) is 15.6. The SMILES string of the molecule is Cc1ccccc1S(=O)(=O)Nc1cc(C(F)(F)F)ccc1N1CCCCC1. The van der Waals surface area contributed by atoms with Crippen LogP contribution < -0.4 is 9.62 Å². The second-order valence-electron chi connectivity index (χ2n) is 6.65. The molecule has 0 bridgehead atoms. The lowest BCUT2D eigenvalue weighted by molar-refractivity contribution is -0.137. The first-order valence-electron chi connectivity index (χ1n) is 8.73. The molecule has 27 heavy (non-hydrogen) atoms. The minimum absolute atomic E-state index is 0.0463. The Kier molecular flexibility index (Phi) is 5.37. The van der Waals surface area contributed by atoms with Crippen molar-refractivity contribution in [1.82, 2.24) is 0 Å². The summed E-state index contributed by atoms with van der Waals surface area (Å²) in [5.74, 6) is 0. The molecular weight excluding hydrogens is 377 g/mol. The van der Waals surface area contributed by atoms with Crippen molar-refractivity contribution in [2.24, 2.45) is 0 Å². The van der Waals surface area contributed by atoms with Crippen molar-refractivity contribution in [3.8, 4) is 0 Å². The molecule has 0 unspecified atom stereocenters. The number of halogens is 3. The van der Waals surface area contributed by atoms with Crippen LogP contribution in [0.15, 0.2) is 47.4 Å². The molecule has 1 fully saturated rings. The zero-order valence-corrected chi connectivity index (χ0v) is 15.7. The minimum atomic E-state index is -4.55. The maximum absolute atomic E-state index is 13.2. The summed E-state index contributed by atoms with van der Waals surface area (Å²) in [5.41, 5.74) is 0.0667. The first-order valence-corrected chi connectivity index (χ1v) is 10.2. The molecule has 0 amide bonds. The van der Waals surface area contributed by atoms with Gasteiger partial charge in [0.05, 0.1) is 21.8 Å². The maximum Gasteiger partial charge on any atom is 0.416 e. The van der Waals surface area contributed by atoms with Gasteiger partial charge in [0.1, 0.15) is 0 Å². The van der Waals surface area contributed by atoms with Crippen molar-refractivity contribution in [2.75, 3.05) is 22.7 Å². The fourth-order valence-corrected chi connectivity index (χ4v) is 4.57. The third kappa shape index (κ3) is 4.37. The average molecular weight is 398 g/mol. The number of piperidine rings is 1. The van der Waals surface area contributed by atoms with Crippen LogP contribution in [0, 0.1) is 6.92 Å². The van der Waals surface area contributed by atoms with E-state index in [1.54, 1.807) is 25.1 Å². The van der Waals surface area contributed by atoms with Crippen molar-refractivity contribution in [2.45, 2.75) is 37.3 Å². The number of nitrogens with one attached hydrogen (secondary N) is 1. The molecule has 0 spiro atoms.